The molecule has 0 N–H and O–H groups in total. The van der Waals surface area contributed by atoms with Crippen molar-refractivity contribution in [2.24, 2.45) is 0 Å². The lowest BCUT2D eigenvalue weighted by molar-refractivity contribution is 0.337. The lowest BCUT2D eigenvalue weighted by Gasteiger charge is -2.07. The lowest BCUT2D eigenvalue weighted by atomic mass is 10.1. The van der Waals surface area contributed by atoms with Crippen LogP contribution in [0.3, 0.4) is 0 Å². The number of hydrogen-bond acceptors (Lipinski definition) is 6. The zero-order valence-corrected chi connectivity index (χ0v) is 15.5. The van der Waals surface area contributed by atoms with Gasteiger partial charge in [-0.3, -0.25) is 8.37 Å². The minimum Gasteiger partial charge on any atom is -0.267 e. The first-order valence-corrected chi connectivity index (χ1v) is 10.6. The van der Waals surface area contributed by atoms with E-state index in [1.165, 1.54) is 12.1 Å². The Hall–Kier alpha value is -1.74. The summed E-state index contributed by atoms with van der Waals surface area (Å²) >= 11 is 0. The Kier molecular flexibility index (Phi) is 4.72. The van der Waals surface area contributed by atoms with Crippen LogP contribution in [0.5, 0.6) is 0 Å². The van der Waals surface area contributed by atoms with Gasteiger partial charge in [0.15, 0.2) is 0 Å². The second kappa shape index (κ2) is 6.53. The molecule has 0 atom stereocenters. The fourth-order valence-corrected chi connectivity index (χ4v) is 4.86. The predicted octanol–water partition coefficient (Wildman–Crippen LogP) is 2.71. The highest BCUT2D eigenvalue weighted by Gasteiger charge is 2.24. The predicted molar refractivity (Wildman–Crippen MR) is 92.3 cm³/mol. The molecule has 3 rings (SSSR count). The van der Waals surface area contributed by atoms with Gasteiger partial charge in [0.2, 0.25) is 0 Å². The third-order valence-corrected chi connectivity index (χ3v) is 6.70. The molecule has 134 valence electrons. The van der Waals surface area contributed by atoms with Crippen LogP contribution in [0.1, 0.15) is 25.0 Å². The fourth-order valence-electron chi connectivity index (χ4n) is 2.92. The summed E-state index contributed by atoms with van der Waals surface area (Å²) in [5.41, 5.74) is 3.43. The van der Waals surface area contributed by atoms with E-state index >= 15 is 0 Å². The highest BCUT2D eigenvalue weighted by molar-refractivity contribution is 7.87. The zero-order valence-electron chi connectivity index (χ0n) is 13.9. The summed E-state index contributed by atoms with van der Waals surface area (Å²) < 4.78 is 57.8. The molecule has 0 aliphatic heterocycles. The van der Waals surface area contributed by atoms with Crippen LogP contribution >= 0.6 is 0 Å². The van der Waals surface area contributed by atoms with Crippen molar-refractivity contribution in [3.8, 4) is 11.1 Å². The van der Waals surface area contributed by atoms with E-state index in [2.05, 4.69) is 0 Å². The summed E-state index contributed by atoms with van der Waals surface area (Å²) in [7, 11) is -7.55. The second-order valence-electron chi connectivity index (χ2n) is 5.54. The first-order chi connectivity index (χ1) is 11.8. The summed E-state index contributed by atoms with van der Waals surface area (Å²) in [6, 6.07) is 9.62. The van der Waals surface area contributed by atoms with Gasteiger partial charge in [0.05, 0.1) is 23.0 Å². The maximum atomic E-state index is 12.0. The highest BCUT2D eigenvalue weighted by Crippen LogP contribution is 2.39. The van der Waals surface area contributed by atoms with Gasteiger partial charge < -0.3 is 0 Å². The Morgan fingerprint density at radius 3 is 1.52 bits per heavy atom. The number of fused-ring (bicyclic) bond motifs is 3. The van der Waals surface area contributed by atoms with Gasteiger partial charge in [-0.25, -0.2) is 0 Å². The molecule has 0 heterocycles. The molecule has 0 fully saturated rings. The van der Waals surface area contributed by atoms with E-state index in [9.17, 15) is 16.8 Å². The van der Waals surface area contributed by atoms with Crippen LogP contribution in [-0.2, 0) is 35.0 Å². The van der Waals surface area contributed by atoms with Crippen LogP contribution < -0.4 is 0 Å². The SMILES string of the molecule is CCOS(=O)(=O)c1ccc2c(c1)Cc1cc(S(=O)(=O)OCC)ccc1-2. The minimum atomic E-state index is -3.77. The van der Waals surface area contributed by atoms with Gasteiger partial charge in [0, 0.05) is 0 Å². The van der Waals surface area contributed by atoms with Crippen molar-refractivity contribution in [1.82, 2.24) is 0 Å². The normalized spacial score (nSPS) is 13.5. The van der Waals surface area contributed by atoms with E-state index in [1.54, 1.807) is 38.1 Å². The van der Waals surface area contributed by atoms with E-state index in [0.717, 1.165) is 22.3 Å². The fraction of sp³-hybridized carbons (Fsp3) is 0.294. The Morgan fingerprint density at radius 2 is 1.16 bits per heavy atom. The molecular formula is C17H18O6S2. The summed E-state index contributed by atoms with van der Waals surface area (Å²) in [6.45, 7) is 3.36. The molecule has 0 spiro atoms. The monoisotopic (exact) mass is 382 g/mol. The lowest BCUT2D eigenvalue weighted by Crippen LogP contribution is -2.06. The van der Waals surface area contributed by atoms with Crippen molar-refractivity contribution in [2.75, 3.05) is 13.2 Å². The maximum Gasteiger partial charge on any atom is 0.296 e. The zero-order chi connectivity index (χ0) is 18.2. The van der Waals surface area contributed by atoms with Crippen molar-refractivity contribution >= 4 is 20.2 Å². The van der Waals surface area contributed by atoms with Crippen LogP contribution in [0, 0.1) is 0 Å². The van der Waals surface area contributed by atoms with E-state index in [1.807, 2.05) is 0 Å². The van der Waals surface area contributed by atoms with E-state index in [0.29, 0.717) is 6.42 Å². The third kappa shape index (κ3) is 3.35. The van der Waals surface area contributed by atoms with Gasteiger partial charge in [-0.05, 0) is 66.8 Å². The quantitative estimate of drug-likeness (QED) is 0.609. The van der Waals surface area contributed by atoms with Gasteiger partial charge in [-0.1, -0.05) is 12.1 Å². The van der Waals surface area contributed by atoms with Gasteiger partial charge in [-0.15, -0.1) is 0 Å². The van der Waals surface area contributed by atoms with Crippen LogP contribution in [0.15, 0.2) is 46.2 Å². The molecule has 25 heavy (non-hydrogen) atoms. The Labute approximate surface area is 147 Å². The Morgan fingerprint density at radius 1 is 0.760 bits per heavy atom. The van der Waals surface area contributed by atoms with Crippen LogP contribution in [0.25, 0.3) is 11.1 Å². The molecule has 1 aliphatic rings. The summed E-state index contributed by atoms with van der Waals surface area (Å²) in [4.78, 5) is 0.200. The van der Waals surface area contributed by atoms with Crippen molar-refractivity contribution < 1.29 is 25.2 Å². The van der Waals surface area contributed by atoms with Crippen molar-refractivity contribution in [3.63, 3.8) is 0 Å². The number of hydrogen-bond donors (Lipinski definition) is 0. The smallest absolute Gasteiger partial charge is 0.267 e. The van der Waals surface area contributed by atoms with Gasteiger partial charge >= 0.3 is 0 Å². The van der Waals surface area contributed by atoms with E-state index in [-0.39, 0.29) is 23.0 Å². The molecule has 6 nitrogen and oxygen atoms in total. The number of benzene rings is 2. The number of rotatable bonds is 6. The molecule has 0 radical (unpaired) electrons. The van der Waals surface area contributed by atoms with Gasteiger partial charge in [-0.2, -0.15) is 16.8 Å². The molecule has 0 saturated carbocycles. The summed E-state index contributed by atoms with van der Waals surface area (Å²) in [6.07, 6.45) is 0.454. The first kappa shape index (κ1) is 18.1. The Bertz CT molecular complexity index is 940. The molecular weight excluding hydrogens is 364 g/mol. The van der Waals surface area contributed by atoms with Crippen molar-refractivity contribution in [1.29, 1.82) is 0 Å². The summed E-state index contributed by atoms with van der Waals surface area (Å²) in [5, 5.41) is 0. The largest absolute Gasteiger partial charge is 0.296 e. The molecule has 0 amide bonds. The summed E-state index contributed by atoms with van der Waals surface area (Å²) in [5.74, 6) is 0. The minimum absolute atomic E-state index is 0.0677. The van der Waals surface area contributed by atoms with Crippen LogP contribution in [0.4, 0.5) is 0 Å². The molecule has 1 aliphatic carbocycles. The van der Waals surface area contributed by atoms with Gasteiger partial charge in [0.1, 0.15) is 0 Å². The Balaban J connectivity index is 2.00. The molecule has 0 aromatic heterocycles. The molecule has 2 aromatic carbocycles. The van der Waals surface area contributed by atoms with Gasteiger partial charge in [0.25, 0.3) is 20.2 Å². The van der Waals surface area contributed by atoms with Crippen molar-refractivity contribution in [3.05, 3.63) is 47.5 Å². The highest BCUT2D eigenvalue weighted by atomic mass is 32.2. The average molecular weight is 382 g/mol. The molecule has 0 unspecified atom stereocenters. The maximum absolute atomic E-state index is 12.0. The van der Waals surface area contributed by atoms with Crippen LogP contribution in [-0.4, -0.2) is 30.0 Å². The molecule has 2 aromatic rings. The van der Waals surface area contributed by atoms with E-state index < -0.39 is 20.2 Å². The first-order valence-electron chi connectivity index (χ1n) is 7.83. The van der Waals surface area contributed by atoms with Crippen LogP contribution in [0.2, 0.25) is 0 Å². The second-order valence-corrected chi connectivity index (χ2v) is 8.77. The average Bonchev–Trinajstić information content (AvgIpc) is 2.91. The van der Waals surface area contributed by atoms with Crippen molar-refractivity contribution in [2.45, 2.75) is 30.1 Å². The standard InChI is InChI=1S/C17H18O6S2/c1-3-22-24(18,19)14-5-7-16-12(10-14)9-13-11-15(6-8-17(13)16)25(20,21)23-4-2/h5-8,10-11H,3-4,9H2,1-2H3. The molecule has 0 bridgehead atoms. The topological polar surface area (TPSA) is 86.7 Å². The molecule has 8 heteroatoms. The van der Waals surface area contributed by atoms with E-state index in [4.69, 9.17) is 8.37 Å². The third-order valence-electron chi connectivity index (χ3n) is 3.95. The molecule has 0 saturated heterocycles.